The van der Waals surface area contributed by atoms with Crippen LogP contribution in [0.15, 0.2) is 24.3 Å². The van der Waals surface area contributed by atoms with Gasteiger partial charge in [0, 0.05) is 18.7 Å². The maximum absolute atomic E-state index is 12.6. The van der Waals surface area contributed by atoms with Crippen molar-refractivity contribution in [1.82, 2.24) is 5.32 Å². The van der Waals surface area contributed by atoms with Gasteiger partial charge in [-0.2, -0.15) is 0 Å². The summed E-state index contributed by atoms with van der Waals surface area (Å²) in [7, 11) is 0. The third-order valence-electron chi connectivity index (χ3n) is 3.88. The molecule has 6 nitrogen and oxygen atoms in total. The number of carbonyl (C=O) groups is 3. The molecular weight excluding hydrogens is 403 g/mol. The lowest BCUT2D eigenvalue weighted by Crippen LogP contribution is -2.49. The van der Waals surface area contributed by atoms with Crippen LogP contribution in [0, 0.1) is 36.0 Å². The minimum Gasteiger partial charge on any atom is -0.477 e. The Bertz CT molecular complexity index is 967. The molecule has 1 fully saturated rings. The maximum Gasteiger partial charge on any atom is 0.341 e. The summed E-state index contributed by atoms with van der Waals surface area (Å²) in [6.07, 6.45) is 0.361. The van der Waals surface area contributed by atoms with Crippen LogP contribution in [0.5, 0.6) is 0 Å². The molecule has 3 amide bonds. The van der Waals surface area contributed by atoms with E-state index < -0.39 is 40.6 Å². The molecule has 0 unspecified atom stereocenters. The fraction of sp³-hybridized carbons (Fsp3) is 0.167. The van der Waals surface area contributed by atoms with Crippen molar-refractivity contribution in [3.63, 3.8) is 0 Å². The number of nitrogens with one attached hydrogen (secondary N) is 1. The number of aryl methyl sites for hydroxylation is 1. The van der Waals surface area contributed by atoms with Gasteiger partial charge in [0.05, 0.1) is 0 Å². The first-order valence-electron chi connectivity index (χ1n) is 7.98. The predicted octanol–water partition coefficient (Wildman–Crippen LogP) is 3.52. The molecule has 0 spiro atoms. The molecule has 1 heterocycles. The average Bonchev–Trinajstić information content (AvgIpc) is 2.66. The summed E-state index contributed by atoms with van der Waals surface area (Å²) >= 11 is 0. The zero-order valence-electron chi connectivity index (χ0n) is 14.7. The molecular formula is C18H13F5N2O4. The number of nitrogens with zero attached hydrogens (tertiary/aromatic N) is 1. The molecule has 11 heteroatoms. The van der Waals surface area contributed by atoms with Gasteiger partial charge in [0.2, 0.25) is 11.7 Å². The van der Waals surface area contributed by atoms with Gasteiger partial charge in [-0.3, -0.25) is 15.0 Å². The number of carboxylic acids is 1. The minimum atomic E-state index is -2.38. The largest absolute Gasteiger partial charge is 0.477 e. The fourth-order valence-corrected chi connectivity index (χ4v) is 2.45. The second-order valence-electron chi connectivity index (χ2n) is 5.79. The molecule has 1 aliphatic heterocycles. The fourth-order valence-electron chi connectivity index (χ4n) is 2.45. The molecule has 0 bridgehead atoms. The van der Waals surface area contributed by atoms with Crippen LogP contribution < -0.4 is 10.2 Å². The zero-order valence-corrected chi connectivity index (χ0v) is 14.7. The number of rotatable bonds is 2. The highest BCUT2D eigenvalue weighted by molar-refractivity contribution is 6.05. The number of aromatic carboxylic acids is 1. The average molecular weight is 416 g/mol. The Morgan fingerprint density at radius 1 is 0.966 bits per heavy atom. The van der Waals surface area contributed by atoms with Gasteiger partial charge in [-0.1, -0.05) is 18.2 Å². The van der Waals surface area contributed by atoms with E-state index in [1.54, 1.807) is 4.90 Å². The van der Waals surface area contributed by atoms with E-state index in [1.807, 2.05) is 31.2 Å². The van der Waals surface area contributed by atoms with Crippen LogP contribution in [0.25, 0.3) is 0 Å². The van der Waals surface area contributed by atoms with Crippen LogP contribution in [0.1, 0.15) is 22.3 Å². The van der Waals surface area contributed by atoms with Crippen LogP contribution in [-0.2, 0) is 4.79 Å². The van der Waals surface area contributed by atoms with Gasteiger partial charge in [0.25, 0.3) is 0 Å². The Morgan fingerprint density at radius 2 is 1.48 bits per heavy atom. The number of para-hydroxylation sites is 1. The highest BCUT2D eigenvalue weighted by atomic mass is 19.2. The van der Waals surface area contributed by atoms with Crippen molar-refractivity contribution in [1.29, 1.82) is 0 Å². The standard InChI is InChI=1S/C11H12N2O2.C7HF5O2/c1-8-4-2-3-5-9(8)13-7-6-10(14)12-11(13)15;8-2-1(7(13)14)3(9)5(11)6(12)4(2)10/h2-5H,6-7H2,1H3,(H,12,14,15);(H,13,14). The lowest BCUT2D eigenvalue weighted by atomic mass is 10.1. The second-order valence-corrected chi connectivity index (χ2v) is 5.79. The number of carboxylic acid groups (broad SMARTS) is 1. The molecule has 0 atom stereocenters. The quantitative estimate of drug-likeness (QED) is 0.446. The first-order chi connectivity index (χ1) is 13.6. The normalized spacial score (nSPS) is 13.5. The SMILES string of the molecule is Cc1ccccc1N1CCC(=O)NC1=O.O=C(O)c1c(F)c(F)c(F)c(F)c1F. The van der Waals surface area contributed by atoms with Crippen molar-refractivity contribution in [3.05, 3.63) is 64.5 Å². The first kappa shape index (κ1) is 21.8. The minimum absolute atomic E-state index is 0.204. The van der Waals surface area contributed by atoms with Gasteiger partial charge in [-0.25, -0.2) is 31.5 Å². The van der Waals surface area contributed by atoms with Crippen molar-refractivity contribution >= 4 is 23.6 Å². The van der Waals surface area contributed by atoms with E-state index in [0.717, 1.165) is 11.3 Å². The molecule has 1 aliphatic rings. The number of halogens is 5. The summed E-state index contributed by atoms with van der Waals surface area (Å²) in [5, 5.41) is 10.5. The van der Waals surface area contributed by atoms with E-state index >= 15 is 0 Å². The van der Waals surface area contributed by atoms with Crippen molar-refractivity contribution in [2.45, 2.75) is 13.3 Å². The van der Waals surface area contributed by atoms with Gasteiger partial charge >= 0.3 is 12.0 Å². The summed E-state index contributed by atoms with van der Waals surface area (Å²) in [6.45, 7) is 2.40. The molecule has 0 saturated carbocycles. The van der Waals surface area contributed by atoms with Gasteiger partial charge in [-0.05, 0) is 18.6 Å². The molecule has 0 aromatic heterocycles. The highest BCUT2D eigenvalue weighted by Crippen LogP contribution is 2.23. The molecule has 2 N–H and O–H groups in total. The molecule has 29 heavy (non-hydrogen) atoms. The third-order valence-corrected chi connectivity index (χ3v) is 3.88. The molecule has 1 saturated heterocycles. The van der Waals surface area contributed by atoms with E-state index in [2.05, 4.69) is 5.32 Å². The Hall–Kier alpha value is -3.50. The third kappa shape index (κ3) is 4.50. The predicted molar refractivity (Wildman–Crippen MR) is 89.9 cm³/mol. The molecule has 2 aromatic rings. The Kier molecular flexibility index (Phi) is 6.52. The summed E-state index contributed by atoms with van der Waals surface area (Å²) in [5.41, 5.74) is 0.0332. The second kappa shape index (κ2) is 8.67. The smallest absolute Gasteiger partial charge is 0.341 e. The van der Waals surface area contributed by atoms with E-state index in [4.69, 9.17) is 5.11 Å². The summed E-state index contributed by atoms with van der Waals surface area (Å²) in [6, 6.07) is 7.29. The van der Waals surface area contributed by atoms with Crippen molar-refractivity contribution in [2.75, 3.05) is 11.4 Å². The van der Waals surface area contributed by atoms with Gasteiger partial charge in [-0.15, -0.1) is 0 Å². The Balaban J connectivity index is 0.000000208. The topological polar surface area (TPSA) is 86.7 Å². The first-order valence-corrected chi connectivity index (χ1v) is 7.98. The maximum atomic E-state index is 12.6. The van der Waals surface area contributed by atoms with E-state index in [-0.39, 0.29) is 11.9 Å². The van der Waals surface area contributed by atoms with Crippen LogP contribution in [-0.4, -0.2) is 29.6 Å². The molecule has 0 aliphatic carbocycles. The molecule has 2 aromatic carbocycles. The van der Waals surface area contributed by atoms with Crippen LogP contribution >= 0.6 is 0 Å². The number of hydrogen-bond donors (Lipinski definition) is 2. The number of benzene rings is 2. The van der Waals surface area contributed by atoms with Crippen LogP contribution in [0.2, 0.25) is 0 Å². The highest BCUT2D eigenvalue weighted by Gasteiger charge is 2.29. The van der Waals surface area contributed by atoms with Crippen molar-refractivity contribution in [3.8, 4) is 0 Å². The lowest BCUT2D eigenvalue weighted by Gasteiger charge is -2.27. The van der Waals surface area contributed by atoms with Crippen LogP contribution in [0.3, 0.4) is 0 Å². The molecule has 3 rings (SSSR count). The summed E-state index contributed by atoms with van der Waals surface area (Å²) in [4.78, 5) is 34.2. The van der Waals surface area contributed by atoms with Gasteiger partial charge in [0.15, 0.2) is 23.3 Å². The Labute approximate surface area is 160 Å². The molecule has 154 valence electrons. The van der Waals surface area contributed by atoms with Crippen molar-refractivity contribution < 1.29 is 41.4 Å². The monoisotopic (exact) mass is 416 g/mol. The number of imide groups is 1. The number of amides is 3. The van der Waals surface area contributed by atoms with E-state index in [9.17, 15) is 36.3 Å². The molecule has 0 radical (unpaired) electrons. The van der Waals surface area contributed by atoms with E-state index in [1.165, 1.54) is 0 Å². The number of anilines is 1. The summed E-state index contributed by atoms with van der Waals surface area (Å²) in [5.74, 6) is -14.1. The zero-order chi connectivity index (χ0) is 21.9. The Morgan fingerprint density at radius 3 is 1.97 bits per heavy atom. The van der Waals surface area contributed by atoms with Gasteiger partial charge in [0.1, 0.15) is 5.56 Å². The lowest BCUT2D eigenvalue weighted by molar-refractivity contribution is -0.120. The van der Waals surface area contributed by atoms with Gasteiger partial charge < -0.3 is 5.11 Å². The number of urea groups is 1. The van der Waals surface area contributed by atoms with Crippen molar-refractivity contribution in [2.24, 2.45) is 0 Å². The number of hydrogen-bond acceptors (Lipinski definition) is 3. The van der Waals surface area contributed by atoms with Crippen LogP contribution in [0.4, 0.5) is 32.4 Å². The van der Waals surface area contributed by atoms with E-state index in [0.29, 0.717) is 13.0 Å². The number of carbonyl (C=O) groups excluding carboxylic acids is 2. The summed E-state index contributed by atoms with van der Waals surface area (Å²) < 4.78 is 62.1.